The fourth-order valence-corrected chi connectivity index (χ4v) is 5.26. The van der Waals surface area contributed by atoms with Gasteiger partial charge in [-0.25, -0.2) is 4.98 Å². The number of aromatic nitrogens is 2. The van der Waals surface area contributed by atoms with Crippen LogP contribution in [0.1, 0.15) is 75.7 Å². The average molecular weight is 431 g/mol. The summed E-state index contributed by atoms with van der Waals surface area (Å²) < 4.78 is 7.78. The first-order valence-corrected chi connectivity index (χ1v) is 12.4. The molecule has 4 heterocycles. The van der Waals surface area contributed by atoms with Gasteiger partial charge in [-0.15, -0.1) is 0 Å². The molecule has 0 saturated carbocycles. The number of aryl methyl sites for hydroxylation is 1. The third kappa shape index (κ3) is 5.75. The molecule has 2 fully saturated rings. The molecule has 0 aliphatic carbocycles. The second-order valence-electron chi connectivity index (χ2n) is 9.45. The van der Waals surface area contributed by atoms with E-state index in [2.05, 4.69) is 11.8 Å². The molecule has 2 atom stereocenters. The van der Waals surface area contributed by atoms with E-state index in [1.165, 1.54) is 0 Å². The maximum Gasteiger partial charge on any atom is 0.253 e. The SMILES string of the molecule is CCCOC1CCCN(CC(=O)N2CCCC(c3cc(=O)n4c(n3)CCCCC4)C2)C1. The van der Waals surface area contributed by atoms with Crippen LogP contribution in [0.3, 0.4) is 0 Å². The quantitative estimate of drug-likeness (QED) is 0.694. The van der Waals surface area contributed by atoms with Gasteiger partial charge in [0.1, 0.15) is 5.82 Å². The van der Waals surface area contributed by atoms with Gasteiger partial charge in [0.15, 0.2) is 0 Å². The van der Waals surface area contributed by atoms with Crippen LogP contribution >= 0.6 is 0 Å². The van der Waals surface area contributed by atoms with E-state index in [1.807, 2.05) is 9.47 Å². The number of nitrogens with zero attached hydrogens (tertiary/aromatic N) is 4. The number of hydrogen-bond donors (Lipinski definition) is 0. The van der Waals surface area contributed by atoms with Gasteiger partial charge in [-0.1, -0.05) is 13.3 Å². The van der Waals surface area contributed by atoms with Crippen molar-refractivity contribution in [1.82, 2.24) is 19.4 Å². The van der Waals surface area contributed by atoms with Gasteiger partial charge in [0.05, 0.1) is 18.3 Å². The largest absolute Gasteiger partial charge is 0.377 e. The van der Waals surface area contributed by atoms with Crippen molar-refractivity contribution in [3.05, 3.63) is 27.9 Å². The molecule has 4 rings (SSSR count). The minimum Gasteiger partial charge on any atom is -0.377 e. The molecule has 7 heteroatoms. The smallest absolute Gasteiger partial charge is 0.253 e. The number of ether oxygens (including phenoxy) is 1. The molecule has 31 heavy (non-hydrogen) atoms. The average Bonchev–Trinajstić information content (AvgIpc) is 3.04. The summed E-state index contributed by atoms with van der Waals surface area (Å²) in [6.07, 6.45) is 9.64. The lowest BCUT2D eigenvalue weighted by Crippen LogP contribution is -2.48. The Morgan fingerprint density at radius 2 is 1.97 bits per heavy atom. The van der Waals surface area contributed by atoms with Gasteiger partial charge >= 0.3 is 0 Å². The number of rotatable bonds is 6. The van der Waals surface area contributed by atoms with Crippen LogP contribution in [0.15, 0.2) is 10.9 Å². The Kier molecular flexibility index (Phi) is 7.77. The van der Waals surface area contributed by atoms with Gasteiger partial charge in [-0.2, -0.15) is 0 Å². The molecule has 1 aromatic rings. The van der Waals surface area contributed by atoms with E-state index in [1.54, 1.807) is 6.07 Å². The van der Waals surface area contributed by atoms with E-state index < -0.39 is 0 Å². The summed E-state index contributed by atoms with van der Waals surface area (Å²) in [7, 11) is 0. The second-order valence-corrected chi connectivity index (χ2v) is 9.45. The van der Waals surface area contributed by atoms with Crippen molar-refractivity contribution in [2.45, 2.75) is 83.3 Å². The molecule has 172 valence electrons. The third-order valence-corrected chi connectivity index (χ3v) is 6.96. The summed E-state index contributed by atoms with van der Waals surface area (Å²) in [4.78, 5) is 34.9. The Bertz CT molecular complexity index is 809. The summed E-state index contributed by atoms with van der Waals surface area (Å²) >= 11 is 0. The molecule has 2 unspecified atom stereocenters. The molecular formula is C24H38N4O3. The predicted octanol–water partition coefficient (Wildman–Crippen LogP) is 2.57. The Hall–Kier alpha value is -1.73. The molecule has 0 aromatic carbocycles. The van der Waals surface area contributed by atoms with Gasteiger partial charge < -0.3 is 9.64 Å². The summed E-state index contributed by atoms with van der Waals surface area (Å²) in [5.41, 5.74) is 0.971. The highest BCUT2D eigenvalue weighted by atomic mass is 16.5. The number of carbonyl (C=O) groups is 1. The van der Waals surface area contributed by atoms with Gasteiger partial charge in [0.25, 0.3) is 5.56 Å². The van der Waals surface area contributed by atoms with E-state index in [4.69, 9.17) is 9.72 Å². The third-order valence-electron chi connectivity index (χ3n) is 6.96. The molecule has 3 aliphatic rings. The lowest BCUT2D eigenvalue weighted by Gasteiger charge is -2.36. The summed E-state index contributed by atoms with van der Waals surface area (Å²) in [5, 5.41) is 0. The fourth-order valence-electron chi connectivity index (χ4n) is 5.26. The molecule has 7 nitrogen and oxygen atoms in total. The van der Waals surface area contributed by atoms with Crippen LogP contribution in [0.5, 0.6) is 0 Å². The first-order chi connectivity index (χ1) is 15.1. The van der Waals surface area contributed by atoms with Crippen molar-refractivity contribution in [3.8, 4) is 0 Å². The summed E-state index contributed by atoms with van der Waals surface area (Å²) in [5.74, 6) is 1.31. The lowest BCUT2D eigenvalue weighted by molar-refractivity contribution is -0.134. The van der Waals surface area contributed by atoms with E-state index >= 15 is 0 Å². The monoisotopic (exact) mass is 430 g/mol. The number of fused-ring (bicyclic) bond motifs is 1. The van der Waals surface area contributed by atoms with E-state index in [0.29, 0.717) is 13.1 Å². The predicted molar refractivity (Wildman–Crippen MR) is 120 cm³/mol. The van der Waals surface area contributed by atoms with Gasteiger partial charge in [-0.3, -0.25) is 19.1 Å². The van der Waals surface area contributed by atoms with Crippen molar-refractivity contribution < 1.29 is 9.53 Å². The molecule has 0 spiro atoms. The number of hydrogen-bond acceptors (Lipinski definition) is 5. The molecule has 1 aromatic heterocycles. The van der Waals surface area contributed by atoms with Crippen LogP contribution in [0, 0.1) is 0 Å². The minimum atomic E-state index is 0.0804. The zero-order valence-corrected chi connectivity index (χ0v) is 19.1. The Labute approximate surface area is 185 Å². The van der Waals surface area contributed by atoms with E-state index in [9.17, 15) is 9.59 Å². The van der Waals surface area contributed by atoms with Crippen LogP contribution in [0.4, 0.5) is 0 Å². The zero-order chi connectivity index (χ0) is 21.6. The Balaban J connectivity index is 1.37. The van der Waals surface area contributed by atoms with Crippen molar-refractivity contribution in [1.29, 1.82) is 0 Å². The molecule has 3 aliphatic heterocycles. The van der Waals surface area contributed by atoms with Crippen molar-refractivity contribution >= 4 is 5.91 Å². The van der Waals surface area contributed by atoms with Crippen molar-refractivity contribution in [3.63, 3.8) is 0 Å². The maximum atomic E-state index is 13.1. The minimum absolute atomic E-state index is 0.0804. The van der Waals surface area contributed by atoms with Crippen LogP contribution in [-0.2, 0) is 22.5 Å². The Morgan fingerprint density at radius 1 is 1.10 bits per heavy atom. The molecule has 0 radical (unpaired) electrons. The molecule has 0 N–H and O–H groups in total. The van der Waals surface area contributed by atoms with Crippen LogP contribution < -0.4 is 5.56 Å². The topological polar surface area (TPSA) is 67.7 Å². The van der Waals surface area contributed by atoms with Crippen molar-refractivity contribution in [2.24, 2.45) is 0 Å². The molecule has 1 amide bonds. The standard InChI is InChI=1S/C24H38N4O3/c1-2-14-31-20-9-7-11-26(17-20)18-24(30)27-12-6-8-19(16-27)21-15-23(29)28-13-5-3-4-10-22(28)25-21/h15,19-20H,2-14,16-18H2,1H3. The molecule has 0 bridgehead atoms. The van der Waals surface area contributed by atoms with Crippen LogP contribution in [-0.4, -0.2) is 70.7 Å². The molecule has 2 saturated heterocycles. The van der Waals surface area contributed by atoms with Gasteiger partial charge in [0.2, 0.25) is 5.91 Å². The number of amides is 1. The normalized spacial score (nSPS) is 25.1. The number of piperidine rings is 2. The molecular weight excluding hydrogens is 392 g/mol. The summed E-state index contributed by atoms with van der Waals surface area (Å²) in [6.45, 7) is 7.50. The second kappa shape index (κ2) is 10.7. The van der Waals surface area contributed by atoms with Gasteiger partial charge in [0, 0.05) is 51.2 Å². The van der Waals surface area contributed by atoms with Crippen LogP contribution in [0.25, 0.3) is 0 Å². The summed E-state index contributed by atoms with van der Waals surface area (Å²) in [6, 6.07) is 1.73. The number of carbonyl (C=O) groups excluding carboxylic acids is 1. The highest BCUT2D eigenvalue weighted by Gasteiger charge is 2.29. The maximum absolute atomic E-state index is 13.1. The van der Waals surface area contributed by atoms with Crippen molar-refractivity contribution in [2.75, 3.05) is 39.3 Å². The number of likely N-dealkylation sites (tertiary alicyclic amines) is 2. The zero-order valence-electron chi connectivity index (χ0n) is 19.1. The van der Waals surface area contributed by atoms with E-state index in [0.717, 1.165) is 102 Å². The lowest BCUT2D eigenvalue weighted by atomic mass is 9.94. The Morgan fingerprint density at radius 3 is 2.84 bits per heavy atom. The highest BCUT2D eigenvalue weighted by Crippen LogP contribution is 2.26. The fraction of sp³-hybridized carbons (Fsp3) is 0.792. The first kappa shape index (κ1) is 22.5. The first-order valence-electron chi connectivity index (χ1n) is 12.4. The highest BCUT2D eigenvalue weighted by molar-refractivity contribution is 5.78. The van der Waals surface area contributed by atoms with Gasteiger partial charge in [-0.05, 0) is 51.5 Å². The van der Waals surface area contributed by atoms with E-state index in [-0.39, 0.29) is 23.5 Å². The van der Waals surface area contributed by atoms with Crippen LogP contribution in [0.2, 0.25) is 0 Å².